The van der Waals surface area contributed by atoms with Crippen LogP contribution in [0.3, 0.4) is 0 Å². The first-order valence-electron chi connectivity index (χ1n) is 15.1. The number of benzene rings is 3. The molecule has 238 valence electrons. The molecule has 1 unspecified atom stereocenters. The Morgan fingerprint density at radius 3 is 2.59 bits per heavy atom. The van der Waals surface area contributed by atoms with Crippen molar-refractivity contribution >= 4 is 45.9 Å². The number of carbonyl (C=O) groups is 2. The zero-order valence-corrected chi connectivity index (χ0v) is 27.1. The van der Waals surface area contributed by atoms with Crippen molar-refractivity contribution in [3.63, 3.8) is 0 Å². The fourth-order valence-corrected chi connectivity index (χ4v) is 6.36. The van der Waals surface area contributed by atoms with Crippen molar-refractivity contribution in [3.05, 3.63) is 94.0 Å². The maximum absolute atomic E-state index is 13.8. The predicted octanol–water partition coefficient (Wildman–Crippen LogP) is 5.69. The number of rotatable bonds is 11. The lowest BCUT2D eigenvalue weighted by atomic mass is 9.90. The number of tetrazole rings is 1. The Morgan fingerprint density at radius 1 is 1.07 bits per heavy atom. The van der Waals surface area contributed by atoms with Gasteiger partial charge in [0.2, 0.25) is 5.78 Å². The Balaban J connectivity index is 1.13. The number of ketones is 1. The molecule has 1 aliphatic rings. The fourth-order valence-electron chi connectivity index (χ4n) is 6.05. The second-order valence-corrected chi connectivity index (χ2v) is 12.4. The van der Waals surface area contributed by atoms with Crippen molar-refractivity contribution in [1.29, 1.82) is 0 Å². The molecule has 3 aromatic carbocycles. The van der Waals surface area contributed by atoms with E-state index in [1.54, 1.807) is 36.2 Å². The van der Waals surface area contributed by atoms with Gasteiger partial charge in [-0.1, -0.05) is 41.4 Å². The number of methoxy groups -OCH3 is 1. The van der Waals surface area contributed by atoms with Crippen LogP contribution in [0.25, 0.3) is 16.7 Å². The number of hydrogen-bond acceptors (Lipinski definition) is 8. The SMILES string of the molecule is COc1ccc(-n2cnnn2)cc1C(=O)N(C)CC(CCN1CCC(C(=O)c2nc3ccccc3[nH]2)CC1)c1ccc(Cl)c(Cl)c1. The third-order valence-corrected chi connectivity index (χ3v) is 9.40. The first kappa shape index (κ1) is 31.7. The number of aromatic amines is 1. The molecule has 1 N–H and O–H groups in total. The van der Waals surface area contributed by atoms with E-state index < -0.39 is 0 Å². The number of H-pyrrole nitrogens is 1. The molecule has 3 heterocycles. The maximum Gasteiger partial charge on any atom is 0.257 e. The van der Waals surface area contributed by atoms with Crippen LogP contribution in [0.15, 0.2) is 67.0 Å². The van der Waals surface area contributed by atoms with Crippen molar-refractivity contribution in [1.82, 2.24) is 40.0 Å². The number of halogens is 2. The zero-order chi connectivity index (χ0) is 32.2. The van der Waals surface area contributed by atoms with Crippen LogP contribution in [-0.2, 0) is 0 Å². The number of fused-ring (bicyclic) bond motifs is 1. The summed E-state index contributed by atoms with van der Waals surface area (Å²) in [6.45, 7) is 2.86. The second-order valence-electron chi connectivity index (χ2n) is 11.6. The molecule has 0 saturated carbocycles. The van der Waals surface area contributed by atoms with E-state index in [-0.39, 0.29) is 23.5 Å². The number of para-hydroxylation sites is 2. The highest BCUT2D eigenvalue weighted by molar-refractivity contribution is 6.42. The summed E-state index contributed by atoms with van der Waals surface area (Å²) in [5.41, 5.74) is 3.73. The topological polar surface area (TPSA) is 122 Å². The normalized spacial score (nSPS) is 14.8. The number of amides is 1. The molecule has 6 rings (SSSR count). The smallest absolute Gasteiger partial charge is 0.257 e. The number of imidazole rings is 1. The summed E-state index contributed by atoms with van der Waals surface area (Å²) in [7, 11) is 3.32. The number of aromatic nitrogens is 6. The van der Waals surface area contributed by atoms with Gasteiger partial charge >= 0.3 is 0 Å². The van der Waals surface area contributed by atoms with Gasteiger partial charge in [0.05, 0.1) is 39.4 Å². The standard InChI is InChI=1S/C33H34Cl2N8O3/c1-41(33(45)25-18-24(8-10-30(25)46-2)43-20-36-39-40-43)19-23(22-7-9-26(34)27(35)17-22)13-16-42-14-11-21(12-15-42)31(44)32-37-28-5-3-4-6-29(28)38-32/h3-10,17-18,20-21,23H,11-16,19H2,1-2H3,(H,37,38). The van der Waals surface area contributed by atoms with Crippen LogP contribution in [0.1, 0.15) is 51.7 Å². The molecular formula is C33H34Cl2N8O3. The van der Waals surface area contributed by atoms with E-state index in [1.165, 1.54) is 18.1 Å². The van der Waals surface area contributed by atoms with Crippen LogP contribution in [-0.4, -0.2) is 92.0 Å². The van der Waals surface area contributed by atoms with Crippen LogP contribution in [0.5, 0.6) is 5.75 Å². The van der Waals surface area contributed by atoms with Gasteiger partial charge in [0.15, 0.2) is 5.82 Å². The Morgan fingerprint density at radius 2 is 1.87 bits per heavy atom. The van der Waals surface area contributed by atoms with Crippen molar-refractivity contribution in [2.45, 2.75) is 25.2 Å². The van der Waals surface area contributed by atoms with Gasteiger partial charge in [-0.2, -0.15) is 0 Å². The quantitative estimate of drug-likeness (QED) is 0.179. The highest BCUT2D eigenvalue weighted by atomic mass is 35.5. The van der Waals surface area contributed by atoms with Crippen molar-refractivity contribution in [2.75, 3.05) is 40.3 Å². The largest absolute Gasteiger partial charge is 0.496 e. The number of likely N-dealkylation sites (tertiary alicyclic amines) is 1. The first-order valence-corrected chi connectivity index (χ1v) is 15.9. The van der Waals surface area contributed by atoms with E-state index in [1.807, 2.05) is 36.4 Å². The van der Waals surface area contributed by atoms with Crippen LogP contribution >= 0.6 is 23.2 Å². The summed E-state index contributed by atoms with van der Waals surface area (Å²) in [5, 5.41) is 12.3. The van der Waals surface area contributed by atoms with Crippen LogP contribution in [0.4, 0.5) is 0 Å². The predicted molar refractivity (Wildman–Crippen MR) is 176 cm³/mol. The molecule has 1 amide bonds. The number of hydrogen-bond donors (Lipinski definition) is 1. The molecule has 1 saturated heterocycles. The number of piperidine rings is 1. The van der Waals surface area contributed by atoms with Crippen LogP contribution in [0, 0.1) is 5.92 Å². The molecule has 13 heteroatoms. The van der Waals surface area contributed by atoms with Gasteiger partial charge in [0.25, 0.3) is 5.91 Å². The monoisotopic (exact) mass is 660 g/mol. The summed E-state index contributed by atoms with van der Waals surface area (Å²) in [6, 6.07) is 18.6. The third kappa shape index (κ3) is 6.91. The highest BCUT2D eigenvalue weighted by Crippen LogP contribution is 2.31. The molecule has 0 aliphatic carbocycles. The first-order chi connectivity index (χ1) is 22.3. The van der Waals surface area contributed by atoms with E-state index in [0.29, 0.717) is 39.4 Å². The molecule has 46 heavy (non-hydrogen) atoms. The number of nitrogens with one attached hydrogen (secondary N) is 1. The Labute approximate surface area is 276 Å². The summed E-state index contributed by atoms with van der Waals surface area (Å²) in [5.74, 6) is 0.691. The molecule has 2 aromatic heterocycles. The summed E-state index contributed by atoms with van der Waals surface area (Å²) >= 11 is 12.7. The molecule has 0 spiro atoms. The number of likely N-dealkylation sites (N-methyl/N-ethyl adjacent to an activating group) is 1. The lowest BCUT2D eigenvalue weighted by molar-refractivity contribution is 0.0776. The summed E-state index contributed by atoms with van der Waals surface area (Å²) in [4.78, 5) is 38.8. The Kier molecular flexibility index (Phi) is 9.62. The fraction of sp³-hybridized carbons (Fsp3) is 0.333. The van der Waals surface area contributed by atoms with Crippen LogP contribution < -0.4 is 4.74 Å². The Hall–Kier alpha value is -4.32. The van der Waals surface area contributed by atoms with Crippen LogP contribution in [0.2, 0.25) is 10.0 Å². The number of carbonyl (C=O) groups excluding carboxylic acids is 2. The lowest BCUT2D eigenvalue weighted by Crippen LogP contribution is -2.38. The minimum atomic E-state index is -0.193. The van der Waals surface area contributed by atoms with Gasteiger partial charge in [-0.25, -0.2) is 9.67 Å². The average Bonchev–Trinajstić information content (AvgIpc) is 3.78. The van der Waals surface area contributed by atoms with E-state index in [2.05, 4.69) is 30.4 Å². The molecule has 1 atom stereocenters. The molecule has 5 aromatic rings. The average molecular weight is 662 g/mol. The van der Waals surface area contributed by atoms with Gasteiger partial charge in [-0.3, -0.25) is 9.59 Å². The van der Waals surface area contributed by atoms with E-state index in [9.17, 15) is 9.59 Å². The second kappa shape index (κ2) is 14.0. The minimum Gasteiger partial charge on any atom is -0.496 e. The lowest BCUT2D eigenvalue weighted by Gasteiger charge is -2.33. The van der Waals surface area contributed by atoms with E-state index >= 15 is 0 Å². The number of ether oxygens (including phenoxy) is 1. The van der Waals surface area contributed by atoms with E-state index in [4.69, 9.17) is 27.9 Å². The summed E-state index contributed by atoms with van der Waals surface area (Å²) < 4.78 is 7.01. The third-order valence-electron chi connectivity index (χ3n) is 8.66. The molecule has 11 nitrogen and oxygen atoms in total. The molecule has 1 fully saturated rings. The minimum absolute atomic E-state index is 0.0210. The van der Waals surface area contributed by atoms with Gasteiger partial charge < -0.3 is 19.5 Å². The van der Waals surface area contributed by atoms with Gasteiger partial charge in [-0.05, 0) is 97.4 Å². The molecule has 1 aliphatic heterocycles. The number of nitrogens with zero attached hydrogens (tertiary/aromatic N) is 7. The zero-order valence-electron chi connectivity index (χ0n) is 25.6. The van der Waals surface area contributed by atoms with E-state index in [0.717, 1.165) is 55.5 Å². The highest BCUT2D eigenvalue weighted by Gasteiger charge is 2.29. The van der Waals surface area contributed by atoms with Gasteiger partial charge in [0.1, 0.15) is 12.1 Å². The van der Waals surface area contributed by atoms with Gasteiger partial charge in [-0.15, -0.1) is 5.10 Å². The molecule has 0 radical (unpaired) electrons. The summed E-state index contributed by atoms with van der Waals surface area (Å²) in [6.07, 6.45) is 3.78. The van der Waals surface area contributed by atoms with Crippen molar-refractivity contribution < 1.29 is 14.3 Å². The molecule has 0 bridgehead atoms. The molecular weight excluding hydrogens is 627 g/mol. The van der Waals surface area contributed by atoms with Crippen molar-refractivity contribution in [3.8, 4) is 11.4 Å². The van der Waals surface area contributed by atoms with Gasteiger partial charge in [0, 0.05) is 25.4 Å². The number of Topliss-reactive ketones (excluding diaryl/α,β-unsaturated/α-hetero) is 1. The Bertz CT molecular complexity index is 1800. The van der Waals surface area contributed by atoms with Crippen molar-refractivity contribution in [2.24, 2.45) is 5.92 Å². The maximum atomic E-state index is 13.8.